The fourth-order valence-electron chi connectivity index (χ4n) is 1.70. The van der Waals surface area contributed by atoms with Crippen molar-refractivity contribution in [1.29, 1.82) is 0 Å². The molecule has 2 rings (SSSR count). The molecule has 0 fully saturated rings. The van der Waals surface area contributed by atoms with Crippen molar-refractivity contribution in [3.05, 3.63) is 41.0 Å². The number of aryl methyl sites for hydroxylation is 1. The second-order valence-corrected chi connectivity index (χ2v) is 4.22. The summed E-state index contributed by atoms with van der Waals surface area (Å²) in [6.07, 6.45) is 1.25. The lowest BCUT2D eigenvalue weighted by atomic mass is 10.0. The quantitative estimate of drug-likeness (QED) is 0.320. The molecule has 0 bridgehead atoms. The van der Waals surface area contributed by atoms with Crippen LogP contribution < -0.4 is 5.73 Å². The fourth-order valence-corrected chi connectivity index (χ4v) is 1.70. The SMILES string of the molecule is CCC.Cc1cc(N)cc2c(F)c(F)c(F)c(F)c12. The zero-order chi connectivity index (χ0) is 14.7. The molecule has 0 atom stereocenters. The summed E-state index contributed by atoms with van der Waals surface area (Å²) in [6.45, 7) is 5.69. The molecule has 2 aromatic carbocycles. The molecular formula is C14H15F4N. The van der Waals surface area contributed by atoms with Crippen molar-refractivity contribution in [2.24, 2.45) is 0 Å². The van der Waals surface area contributed by atoms with E-state index in [9.17, 15) is 17.6 Å². The van der Waals surface area contributed by atoms with Gasteiger partial charge in [-0.3, -0.25) is 0 Å². The van der Waals surface area contributed by atoms with Gasteiger partial charge in [-0.15, -0.1) is 0 Å². The topological polar surface area (TPSA) is 26.0 Å². The van der Waals surface area contributed by atoms with Crippen LogP contribution >= 0.6 is 0 Å². The van der Waals surface area contributed by atoms with Gasteiger partial charge in [0.1, 0.15) is 0 Å². The number of fused-ring (bicyclic) bond motifs is 1. The van der Waals surface area contributed by atoms with E-state index < -0.39 is 23.3 Å². The summed E-state index contributed by atoms with van der Waals surface area (Å²) in [5.41, 5.74) is 5.84. The third kappa shape index (κ3) is 2.80. The van der Waals surface area contributed by atoms with Crippen molar-refractivity contribution in [1.82, 2.24) is 0 Å². The van der Waals surface area contributed by atoms with Crippen molar-refractivity contribution >= 4 is 16.5 Å². The third-order valence-corrected chi connectivity index (χ3v) is 2.39. The maximum atomic E-state index is 13.4. The number of rotatable bonds is 0. The average Bonchev–Trinajstić information content (AvgIpc) is 2.34. The van der Waals surface area contributed by atoms with Gasteiger partial charge in [0.2, 0.25) is 0 Å². The average molecular weight is 273 g/mol. The van der Waals surface area contributed by atoms with Gasteiger partial charge in [0.25, 0.3) is 0 Å². The highest BCUT2D eigenvalue weighted by atomic mass is 19.2. The van der Waals surface area contributed by atoms with Gasteiger partial charge in [-0.2, -0.15) is 0 Å². The predicted molar refractivity (Wildman–Crippen MR) is 68.9 cm³/mol. The van der Waals surface area contributed by atoms with Crippen LogP contribution in [-0.2, 0) is 0 Å². The Morgan fingerprint density at radius 1 is 0.895 bits per heavy atom. The molecule has 19 heavy (non-hydrogen) atoms. The standard InChI is InChI=1S/C11H7F4N.C3H8/c1-4-2-5(16)3-6-7(4)9(13)11(15)10(14)8(6)12;1-3-2/h2-3H,16H2,1H3;3H2,1-2H3. The van der Waals surface area contributed by atoms with Gasteiger partial charge in [0, 0.05) is 16.5 Å². The fraction of sp³-hybridized carbons (Fsp3) is 0.286. The normalized spacial score (nSPS) is 10.3. The van der Waals surface area contributed by atoms with Gasteiger partial charge < -0.3 is 5.73 Å². The van der Waals surface area contributed by atoms with E-state index in [1.807, 2.05) is 0 Å². The zero-order valence-electron chi connectivity index (χ0n) is 11.0. The number of nitrogens with two attached hydrogens (primary N) is 1. The molecule has 104 valence electrons. The van der Waals surface area contributed by atoms with Crippen LogP contribution in [0.25, 0.3) is 10.8 Å². The molecular weight excluding hydrogens is 258 g/mol. The molecule has 0 aliphatic heterocycles. The number of anilines is 1. The first-order chi connectivity index (χ1) is 8.84. The number of nitrogen functional groups attached to an aromatic ring is 1. The number of hydrogen-bond donors (Lipinski definition) is 1. The maximum Gasteiger partial charge on any atom is 0.198 e. The Bertz CT molecular complexity index is 608. The molecule has 2 aromatic rings. The van der Waals surface area contributed by atoms with Crippen LogP contribution in [-0.4, -0.2) is 0 Å². The predicted octanol–water partition coefficient (Wildman–Crippen LogP) is 4.70. The largest absolute Gasteiger partial charge is 0.399 e. The van der Waals surface area contributed by atoms with Crippen LogP contribution in [0.2, 0.25) is 0 Å². The van der Waals surface area contributed by atoms with Crippen molar-refractivity contribution < 1.29 is 17.6 Å². The van der Waals surface area contributed by atoms with Crippen LogP contribution in [0.5, 0.6) is 0 Å². The Morgan fingerprint density at radius 2 is 1.37 bits per heavy atom. The minimum absolute atomic E-state index is 0.161. The minimum Gasteiger partial charge on any atom is -0.399 e. The summed E-state index contributed by atoms with van der Waals surface area (Å²) < 4.78 is 52.7. The van der Waals surface area contributed by atoms with Crippen LogP contribution in [0, 0.1) is 30.2 Å². The summed E-state index contributed by atoms with van der Waals surface area (Å²) in [4.78, 5) is 0. The van der Waals surface area contributed by atoms with E-state index in [1.165, 1.54) is 19.4 Å². The molecule has 5 heteroatoms. The summed E-state index contributed by atoms with van der Waals surface area (Å²) in [5.74, 6) is -6.46. The molecule has 0 aromatic heterocycles. The molecule has 0 unspecified atom stereocenters. The van der Waals surface area contributed by atoms with Crippen LogP contribution in [0.3, 0.4) is 0 Å². The number of halogens is 4. The zero-order valence-corrected chi connectivity index (χ0v) is 11.0. The van der Waals surface area contributed by atoms with Gasteiger partial charge in [-0.25, -0.2) is 17.6 Å². The molecule has 0 saturated carbocycles. The first kappa shape index (κ1) is 15.3. The van der Waals surface area contributed by atoms with E-state index >= 15 is 0 Å². The van der Waals surface area contributed by atoms with Gasteiger partial charge in [0.15, 0.2) is 23.3 Å². The van der Waals surface area contributed by atoms with Gasteiger partial charge in [-0.1, -0.05) is 20.3 Å². The molecule has 0 aliphatic rings. The highest BCUT2D eigenvalue weighted by molar-refractivity contribution is 5.89. The van der Waals surface area contributed by atoms with E-state index in [0.29, 0.717) is 0 Å². The van der Waals surface area contributed by atoms with E-state index in [4.69, 9.17) is 5.73 Å². The molecule has 2 N–H and O–H groups in total. The van der Waals surface area contributed by atoms with Crippen LogP contribution in [0.15, 0.2) is 12.1 Å². The van der Waals surface area contributed by atoms with E-state index in [-0.39, 0.29) is 22.0 Å². The van der Waals surface area contributed by atoms with Gasteiger partial charge >= 0.3 is 0 Å². The van der Waals surface area contributed by atoms with Crippen molar-refractivity contribution in [2.75, 3.05) is 5.73 Å². The third-order valence-electron chi connectivity index (χ3n) is 2.39. The molecule has 1 nitrogen and oxygen atoms in total. The Hall–Kier alpha value is -1.78. The summed E-state index contributed by atoms with van der Waals surface area (Å²) in [7, 11) is 0. The highest BCUT2D eigenvalue weighted by Gasteiger charge is 2.21. The second kappa shape index (κ2) is 5.91. The first-order valence-corrected chi connectivity index (χ1v) is 5.86. The highest BCUT2D eigenvalue weighted by Crippen LogP contribution is 2.30. The second-order valence-electron chi connectivity index (χ2n) is 4.22. The van der Waals surface area contributed by atoms with Crippen molar-refractivity contribution in [2.45, 2.75) is 27.2 Å². The molecule has 0 radical (unpaired) electrons. The maximum absolute atomic E-state index is 13.4. The van der Waals surface area contributed by atoms with Gasteiger partial charge in [0.05, 0.1) is 0 Å². The molecule has 0 aliphatic carbocycles. The molecule has 0 amide bonds. The van der Waals surface area contributed by atoms with Gasteiger partial charge in [-0.05, 0) is 24.6 Å². The molecule has 0 saturated heterocycles. The Kier molecular flexibility index (Phi) is 4.75. The van der Waals surface area contributed by atoms with Crippen LogP contribution in [0.1, 0.15) is 25.8 Å². The Labute approximate surface area is 109 Å². The number of hydrogen-bond acceptors (Lipinski definition) is 1. The van der Waals surface area contributed by atoms with E-state index in [0.717, 1.165) is 6.07 Å². The first-order valence-electron chi connectivity index (χ1n) is 5.86. The monoisotopic (exact) mass is 273 g/mol. The lowest BCUT2D eigenvalue weighted by Crippen LogP contribution is -2.00. The molecule has 0 heterocycles. The van der Waals surface area contributed by atoms with Crippen LogP contribution in [0.4, 0.5) is 23.2 Å². The lowest BCUT2D eigenvalue weighted by Gasteiger charge is -2.08. The smallest absolute Gasteiger partial charge is 0.198 e. The summed E-state index contributed by atoms with van der Waals surface area (Å²) in [6, 6.07) is 2.44. The molecule has 0 spiro atoms. The summed E-state index contributed by atoms with van der Waals surface area (Å²) in [5, 5.41) is -0.639. The van der Waals surface area contributed by atoms with Crippen molar-refractivity contribution in [3.63, 3.8) is 0 Å². The van der Waals surface area contributed by atoms with Crippen molar-refractivity contribution in [3.8, 4) is 0 Å². The van der Waals surface area contributed by atoms with E-state index in [2.05, 4.69) is 13.8 Å². The number of benzene rings is 2. The Balaban J connectivity index is 0.000000550. The van der Waals surface area contributed by atoms with E-state index in [1.54, 1.807) is 0 Å². The summed E-state index contributed by atoms with van der Waals surface area (Å²) >= 11 is 0. The Morgan fingerprint density at radius 3 is 1.89 bits per heavy atom. The lowest BCUT2D eigenvalue weighted by molar-refractivity contribution is 0.418. The minimum atomic E-state index is -1.82.